The summed E-state index contributed by atoms with van der Waals surface area (Å²) in [6.07, 6.45) is 4.23. The predicted molar refractivity (Wildman–Crippen MR) is 84.3 cm³/mol. The summed E-state index contributed by atoms with van der Waals surface area (Å²) in [6, 6.07) is 3.94. The van der Waals surface area contributed by atoms with Crippen molar-refractivity contribution >= 4 is 39.2 Å². The Labute approximate surface area is 127 Å². The van der Waals surface area contributed by atoms with E-state index < -0.39 is 0 Å². The molecule has 0 aliphatic heterocycles. The fourth-order valence-corrected chi connectivity index (χ4v) is 2.67. The van der Waals surface area contributed by atoms with Crippen molar-refractivity contribution < 1.29 is 9.53 Å². The summed E-state index contributed by atoms with van der Waals surface area (Å²) in [5.41, 5.74) is 0. The SMILES string of the molecule is CC(C)COCCCNC(=O)/C=C/c1ccc(Br)s1. The Hall–Kier alpha value is -0.650. The third kappa shape index (κ3) is 8.18. The highest BCUT2D eigenvalue weighted by molar-refractivity contribution is 9.11. The number of ether oxygens (including phenoxy) is 1. The Kier molecular flexibility index (Phi) is 8.02. The summed E-state index contributed by atoms with van der Waals surface area (Å²) in [7, 11) is 0. The van der Waals surface area contributed by atoms with Gasteiger partial charge >= 0.3 is 0 Å². The van der Waals surface area contributed by atoms with Crippen LogP contribution < -0.4 is 5.32 Å². The molecule has 0 fully saturated rings. The molecular weight excluding hydrogens is 326 g/mol. The van der Waals surface area contributed by atoms with E-state index in [2.05, 4.69) is 35.1 Å². The van der Waals surface area contributed by atoms with Crippen molar-refractivity contribution in [3.05, 3.63) is 26.9 Å². The van der Waals surface area contributed by atoms with Crippen molar-refractivity contribution in [3.8, 4) is 0 Å². The maximum absolute atomic E-state index is 11.5. The van der Waals surface area contributed by atoms with Crippen molar-refractivity contribution in [2.75, 3.05) is 19.8 Å². The monoisotopic (exact) mass is 345 g/mol. The van der Waals surface area contributed by atoms with Gasteiger partial charge in [-0.15, -0.1) is 11.3 Å². The first-order valence-corrected chi connectivity index (χ1v) is 7.98. The topological polar surface area (TPSA) is 38.3 Å². The number of hydrogen-bond donors (Lipinski definition) is 1. The highest BCUT2D eigenvalue weighted by Gasteiger charge is 1.97. The molecule has 1 aromatic heterocycles. The standard InChI is InChI=1S/C14H20BrNO2S/c1-11(2)10-18-9-3-8-16-14(17)7-5-12-4-6-13(15)19-12/h4-7,11H,3,8-10H2,1-2H3,(H,16,17)/b7-5+. The van der Waals surface area contributed by atoms with Crippen molar-refractivity contribution in [3.63, 3.8) is 0 Å². The van der Waals surface area contributed by atoms with Gasteiger partial charge in [0.05, 0.1) is 3.79 Å². The molecule has 3 nitrogen and oxygen atoms in total. The third-order valence-corrected chi connectivity index (χ3v) is 3.80. The molecule has 0 saturated carbocycles. The number of nitrogens with one attached hydrogen (secondary N) is 1. The first-order valence-electron chi connectivity index (χ1n) is 6.37. The fourth-order valence-electron chi connectivity index (χ4n) is 1.34. The van der Waals surface area contributed by atoms with Crippen molar-refractivity contribution in [1.29, 1.82) is 0 Å². The number of rotatable bonds is 8. The van der Waals surface area contributed by atoms with Gasteiger partial charge < -0.3 is 10.1 Å². The molecule has 0 saturated heterocycles. The van der Waals surface area contributed by atoms with Gasteiger partial charge in [0.15, 0.2) is 0 Å². The Morgan fingerprint density at radius 2 is 2.32 bits per heavy atom. The van der Waals surface area contributed by atoms with Gasteiger partial charge in [-0.1, -0.05) is 13.8 Å². The number of amides is 1. The summed E-state index contributed by atoms with van der Waals surface area (Å²) in [5.74, 6) is 0.496. The Morgan fingerprint density at radius 1 is 1.53 bits per heavy atom. The van der Waals surface area contributed by atoms with E-state index in [1.165, 1.54) is 0 Å². The largest absolute Gasteiger partial charge is 0.381 e. The number of halogens is 1. The Balaban J connectivity index is 2.09. The van der Waals surface area contributed by atoms with Crippen LogP contribution in [-0.4, -0.2) is 25.7 Å². The van der Waals surface area contributed by atoms with Gasteiger partial charge in [-0.05, 0) is 46.5 Å². The van der Waals surface area contributed by atoms with E-state index >= 15 is 0 Å². The molecule has 0 unspecified atom stereocenters. The fraction of sp³-hybridized carbons (Fsp3) is 0.500. The maximum atomic E-state index is 11.5. The van der Waals surface area contributed by atoms with Crippen LogP contribution in [0, 0.1) is 5.92 Å². The summed E-state index contributed by atoms with van der Waals surface area (Å²) in [5, 5.41) is 2.84. The molecule has 106 valence electrons. The molecule has 1 heterocycles. The third-order valence-electron chi connectivity index (χ3n) is 2.21. The second kappa shape index (κ2) is 9.28. The highest BCUT2D eigenvalue weighted by Crippen LogP contribution is 2.22. The zero-order valence-electron chi connectivity index (χ0n) is 11.3. The zero-order valence-corrected chi connectivity index (χ0v) is 13.7. The summed E-state index contributed by atoms with van der Waals surface area (Å²) in [6.45, 7) is 6.36. The van der Waals surface area contributed by atoms with Crippen LogP contribution in [-0.2, 0) is 9.53 Å². The predicted octanol–water partition coefficient (Wildman–Crippen LogP) is 3.70. The number of hydrogen-bond acceptors (Lipinski definition) is 3. The normalized spacial score (nSPS) is 11.4. The van der Waals surface area contributed by atoms with E-state index in [4.69, 9.17) is 4.74 Å². The molecular formula is C14H20BrNO2S. The highest BCUT2D eigenvalue weighted by atomic mass is 79.9. The van der Waals surface area contributed by atoms with Crippen LogP contribution in [0.3, 0.4) is 0 Å². The lowest BCUT2D eigenvalue weighted by Gasteiger charge is -2.06. The van der Waals surface area contributed by atoms with E-state index in [0.717, 1.165) is 21.7 Å². The van der Waals surface area contributed by atoms with Crippen LogP contribution in [0.5, 0.6) is 0 Å². The summed E-state index contributed by atoms with van der Waals surface area (Å²) >= 11 is 4.98. The van der Waals surface area contributed by atoms with Gasteiger partial charge in [0.1, 0.15) is 0 Å². The summed E-state index contributed by atoms with van der Waals surface area (Å²) < 4.78 is 6.50. The molecule has 5 heteroatoms. The minimum absolute atomic E-state index is 0.0617. The van der Waals surface area contributed by atoms with E-state index in [1.54, 1.807) is 17.4 Å². The van der Waals surface area contributed by atoms with Crippen LogP contribution in [0.1, 0.15) is 25.1 Å². The molecule has 1 amide bonds. The molecule has 0 bridgehead atoms. The average Bonchev–Trinajstić information content (AvgIpc) is 2.76. The van der Waals surface area contributed by atoms with E-state index in [1.807, 2.05) is 18.2 Å². The lowest BCUT2D eigenvalue weighted by atomic mass is 10.2. The van der Waals surface area contributed by atoms with Gasteiger partial charge in [0.25, 0.3) is 0 Å². The second-order valence-electron chi connectivity index (χ2n) is 4.59. The van der Waals surface area contributed by atoms with Gasteiger partial charge in [-0.2, -0.15) is 0 Å². The average molecular weight is 346 g/mol. The van der Waals surface area contributed by atoms with Gasteiger partial charge in [-0.3, -0.25) is 4.79 Å². The van der Waals surface area contributed by atoms with Crippen LogP contribution >= 0.6 is 27.3 Å². The minimum Gasteiger partial charge on any atom is -0.381 e. The van der Waals surface area contributed by atoms with Crippen LogP contribution in [0.25, 0.3) is 6.08 Å². The maximum Gasteiger partial charge on any atom is 0.244 e. The zero-order chi connectivity index (χ0) is 14.1. The van der Waals surface area contributed by atoms with Gasteiger partial charge in [0, 0.05) is 30.7 Å². The molecule has 19 heavy (non-hydrogen) atoms. The quantitative estimate of drug-likeness (QED) is 0.576. The van der Waals surface area contributed by atoms with E-state index in [-0.39, 0.29) is 5.91 Å². The smallest absolute Gasteiger partial charge is 0.244 e. The second-order valence-corrected chi connectivity index (χ2v) is 7.08. The van der Waals surface area contributed by atoms with Crippen LogP contribution in [0.4, 0.5) is 0 Å². The molecule has 0 radical (unpaired) electrons. The number of thiophene rings is 1. The van der Waals surface area contributed by atoms with E-state index in [9.17, 15) is 4.79 Å². The number of carbonyl (C=O) groups is 1. The molecule has 0 aromatic carbocycles. The Morgan fingerprint density at radius 3 is 2.95 bits per heavy atom. The van der Waals surface area contributed by atoms with Crippen molar-refractivity contribution in [1.82, 2.24) is 5.32 Å². The molecule has 0 spiro atoms. The van der Waals surface area contributed by atoms with Crippen molar-refractivity contribution in [2.45, 2.75) is 20.3 Å². The van der Waals surface area contributed by atoms with Crippen LogP contribution in [0.15, 0.2) is 22.0 Å². The lowest BCUT2D eigenvalue weighted by molar-refractivity contribution is -0.116. The first kappa shape index (κ1) is 16.4. The lowest BCUT2D eigenvalue weighted by Crippen LogP contribution is -2.23. The Bertz CT molecular complexity index is 415. The van der Waals surface area contributed by atoms with Gasteiger partial charge in [-0.25, -0.2) is 0 Å². The van der Waals surface area contributed by atoms with Gasteiger partial charge in [0.2, 0.25) is 5.91 Å². The molecule has 0 atom stereocenters. The molecule has 0 aliphatic carbocycles. The van der Waals surface area contributed by atoms with Crippen LogP contribution in [0.2, 0.25) is 0 Å². The molecule has 1 aromatic rings. The minimum atomic E-state index is -0.0617. The molecule has 0 aliphatic rings. The molecule has 1 N–H and O–H groups in total. The first-order chi connectivity index (χ1) is 9.08. The summed E-state index contributed by atoms with van der Waals surface area (Å²) in [4.78, 5) is 12.6. The van der Waals surface area contributed by atoms with Crippen molar-refractivity contribution in [2.24, 2.45) is 5.92 Å². The van der Waals surface area contributed by atoms with E-state index in [0.29, 0.717) is 19.1 Å². The number of carbonyl (C=O) groups excluding carboxylic acids is 1. The molecule has 1 rings (SSSR count).